The summed E-state index contributed by atoms with van der Waals surface area (Å²) in [5.74, 6) is -2.04. The van der Waals surface area contributed by atoms with Crippen LogP contribution in [0.1, 0.15) is 20.3 Å². The molecule has 1 atom stereocenters. The monoisotopic (exact) mass is 191 g/mol. The zero-order valence-corrected chi connectivity index (χ0v) is 7.79. The number of halogens is 1. The maximum absolute atomic E-state index is 12.6. The van der Waals surface area contributed by atoms with Crippen LogP contribution in [0.5, 0.6) is 0 Å². The number of carbonyl (C=O) groups is 2. The summed E-state index contributed by atoms with van der Waals surface area (Å²) >= 11 is 0. The summed E-state index contributed by atoms with van der Waals surface area (Å²) < 4.78 is 12.6. The number of aliphatic carboxylic acids is 1. The standard InChI is InChI=1S/C8H14FNO3/c1-3-10(4-2)7(11)5-6(9)8(12)13/h6H,3-5H2,1-2H3,(H,12,13)/t6-/m1/s1. The highest BCUT2D eigenvalue weighted by Crippen LogP contribution is 2.02. The van der Waals surface area contributed by atoms with Crippen molar-refractivity contribution in [1.82, 2.24) is 4.90 Å². The smallest absolute Gasteiger partial charge is 0.338 e. The van der Waals surface area contributed by atoms with Crippen LogP contribution in [0.15, 0.2) is 0 Å². The predicted octanol–water partition coefficient (Wildman–Crippen LogP) is 0.668. The zero-order valence-electron chi connectivity index (χ0n) is 7.79. The van der Waals surface area contributed by atoms with Crippen LogP contribution < -0.4 is 0 Å². The number of nitrogens with zero attached hydrogens (tertiary/aromatic N) is 1. The molecule has 0 saturated carbocycles. The molecule has 76 valence electrons. The van der Waals surface area contributed by atoms with E-state index in [-0.39, 0.29) is 0 Å². The number of carboxylic acid groups (broad SMARTS) is 1. The fraction of sp³-hybridized carbons (Fsp3) is 0.750. The Balaban J connectivity index is 4.05. The van der Waals surface area contributed by atoms with E-state index in [4.69, 9.17) is 5.11 Å². The summed E-state index contributed by atoms with van der Waals surface area (Å²) in [5.41, 5.74) is 0. The summed E-state index contributed by atoms with van der Waals surface area (Å²) in [5, 5.41) is 8.21. The second-order valence-electron chi connectivity index (χ2n) is 2.58. The molecule has 4 nitrogen and oxygen atoms in total. The lowest BCUT2D eigenvalue weighted by molar-refractivity contribution is -0.146. The highest BCUT2D eigenvalue weighted by atomic mass is 19.1. The van der Waals surface area contributed by atoms with Crippen molar-refractivity contribution in [3.8, 4) is 0 Å². The Morgan fingerprint density at radius 1 is 1.38 bits per heavy atom. The molecule has 0 aliphatic rings. The lowest BCUT2D eigenvalue weighted by Crippen LogP contribution is -2.33. The number of carbonyl (C=O) groups excluding carboxylic acids is 1. The van der Waals surface area contributed by atoms with Gasteiger partial charge in [-0.05, 0) is 13.8 Å². The minimum Gasteiger partial charge on any atom is -0.479 e. The summed E-state index contributed by atoms with van der Waals surface area (Å²) in [6.07, 6.45) is -2.66. The van der Waals surface area contributed by atoms with Gasteiger partial charge in [0.25, 0.3) is 0 Å². The molecule has 0 fully saturated rings. The van der Waals surface area contributed by atoms with Gasteiger partial charge < -0.3 is 10.0 Å². The van der Waals surface area contributed by atoms with Crippen LogP contribution in [0, 0.1) is 0 Å². The maximum atomic E-state index is 12.6. The fourth-order valence-corrected chi connectivity index (χ4v) is 0.946. The predicted molar refractivity (Wildman–Crippen MR) is 45.1 cm³/mol. The molecule has 5 heteroatoms. The van der Waals surface area contributed by atoms with Crippen LogP contribution in [-0.4, -0.2) is 41.1 Å². The molecule has 0 aliphatic heterocycles. The van der Waals surface area contributed by atoms with Crippen molar-refractivity contribution in [3.05, 3.63) is 0 Å². The molecule has 0 heterocycles. The van der Waals surface area contributed by atoms with Crippen LogP contribution in [0.25, 0.3) is 0 Å². The first-order valence-corrected chi connectivity index (χ1v) is 4.17. The third-order valence-electron chi connectivity index (χ3n) is 1.74. The second kappa shape index (κ2) is 5.50. The Morgan fingerprint density at radius 2 is 1.85 bits per heavy atom. The number of hydrogen-bond donors (Lipinski definition) is 1. The maximum Gasteiger partial charge on any atom is 0.338 e. The molecule has 13 heavy (non-hydrogen) atoms. The molecule has 0 radical (unpaired) electrons. The number of alkyl halides is 1. The Morgan fingerprint density at radius 3 is 2.15 bits per heavy atom. The quantitative estimate of drug-likeness (QED) is 0.694. The SMILES string of the molecule is CCN(CC)C(=O)C[C@@H](F)C(=O)O. The third kappa shape index (κ3) is 3.87. The van der Waals surface area contributed by atoms with Crippen molar-refractivity contribution in [2.24, 2.45) is 0 Å². The van der Waals surface area contributed by atoms with Gasteiger partial charge in [-0.25, -0.2) is 9.18 Å². The Kier molecular flexibility index (Phi) is 5.03. The largest absolute Gasteiger partial charge is 0.479 e. The van der Waals surface area contributed by atoms with Gasteiger partial charge >= 0.3 is 5.97 Å². The number of rotatable bonds is 5. The molecular weight excluding hydrogens is 177 g/mol. The van der Waals surface area contributed by atoms with E-state index in [9.17, 15) is 14.0 Å². The summed E-state index contributed by atoms with van der Waals surface area (Å²) in [6.45, 7) is 4.47. The minimum atomic E-state index is -2.09. The van der Waals surface area contributed by atoms with E-state index in [1.54, 1.807) is 13.8 Å². The summed E-state index contributed by atoms with van der Waals surface area (Å²) in [7, 11) is 0. The van der Waals surface area contributed by atoms with Crippen molar-refractivity contribution in [2.75, 3.05) is 13.1 Å². The lowest BCUT2D eigenvalue weighted by Gasteiger charge is -2.18. The third-order valence-corrected chi connectivity index (χ3v) is 1.74. The van der Waals surface area contributed by atoms with E-state index in [2.05, 4.69) is 0 Å². The summed E-state index contributed by atoms with van der Waals surface area (Å²) in [6, 6.07) is 0. The molecule has 0 aromatic rings. The van der Waals surface area contributed by atoms with Crippen molar-refractivity contribution >= 4 is 11.9 Å². The van der Waals surface area contributed by atoms with E-state index in [1.165, 1.54) is 4.90 Å². The van der Waals surface area contributed by atoms with Crippen LogP contribution >= 0.6 is 0 Å². The van der Waals surface area contributed by atoms with Gasteiger partial charge in [0.15, 0.2) is 0 Å². The molecule has 0 aliphatic carbocycles. The van der Waals surface area contributed by atoms with Crippen LogP contribution in [0.4, 0.5) is 4.39 Å². The summed E-state index contributed by atoms with van der Waals surface area (Å²) in [4.78, 5) is 22.6. The van der Waals surface area contributed by atoms with Gasteiger partial charge in [0.1, 0.15) is 0 Å². The van der Waals surface area contributed by atoms with Crippen LogP contribution in [-0.2, 0) is 9.59 Å². The fourth-order valence-electron chi connectivity index (χ4n) is 0.946. The molecule has 0 aromatic carbocycles. The molecule has 0 spiro atoms. The molecule has 1 N–H and O–H groups in total. The molecular formula is C8H14FNO3. The molecule has 0 saturated heterocycles. The number of carboxylic acids is 1. The van der Waals surface area contributed by atoms with E-state index in [1.807, 2.05) is 0 Å². The number of amides is 1. The normalized spacial score (nSPS) is 12.2. The highest BCUT2D eigenvalue weighted by molar-refractivity contribution is 5.83. The van der Waals surface area contributed by atoms with E-state index in [0.717, 1.165) is 0 Å². The van der Waals surface area contributed by atoms with Gasteiger partial charge in [-0.3, -0.25) is 4.79 Å². The number of hydrogen-bond acceptors (Lipinski definition) is 2. The molecule has 1 amide bonds. The molecule has 0 aromatic heterocycles. The topological polar surface area (TPSA) is 57.6 Å². The van der Waals surface area contributed by atoms with Gasteiger partial charge in [-0.2, -0.15) is 0 Å². The van der Waals surface area contributed by atoms with Gasteiger partial charge in [0, 0.05) is 13.1 Å². The van der Waals surface area contributed by atoms with Crippen molar-refractivity contribution in [1.29, 1.82) is 0 Å². The molecule has 0 bridgehead atoms. The Hall–Kier alpha value is -1.13. The van der Waals surface area contributed by atoms with Crippen molar-refractivity contribution in [3.63, 3.8) is 0 Å². The Bertz CT molecular complexity index is 192. The van der Waals surface area contributed by atoms with Crippen molar-refractivity contribution in [2.45, 2.75) is 26.4 Å². The molecule has 0 rings (SSSR count). The lowest BCUT2D eigenvalue weighted by atomic mass is 10.2. The van der Waals surface area contributed by atoms with Gasteiger partial charge in [-0.15, -0.1) is 0 Å². The van der Waals surface area contributed by atoms with E-state index >= 15 is 0 Å². The van der Waals surface area contributed by atoms with Gasteiger partial charge in [0.2, 0.25) is 12.1 Å². The minimum absolute atomic E-state index is 0.458. The van der Waals surface area contributed by atoms with Gasteiger partial charge in [-0.1, -0.05) is 0 Å². The first-order chi connectivity index (χ1) is 6.02. The van der Waals surface area contributed by atoms with E-state index in [0.29, 0.717) is 13.1 Å². The van der Waals surface area contributed by atoms with Crippen LogP contribution in [0.3, 0.4) is 0 Å². The second-order valence-corrected chi connectivity index (χ2v) is 2.58. The highest BCUT2D eigenvalue weighted by Gasteiger charge is 2.22. The average molecular weight is 191 g/mol. The average Bonchev–Trinajstić information content (AvgIpc) is 2.06. The van der Waals surface area contributed by atoms with E-state index < -0.39 is 24.5 Å². The van der Waals surface area contributed by atoms with Crippen molar-refractivity contribution < 1.29 is 19.1 Å². The molecule has 0 unspecified atom stereocenters. The van der Waals surface area contributed by atoms with Gasteiger partial charge in [0.05, 0.1) is 6.42 Å². The van der Waals surface area contributed by atoms with Crippen LogP contribution in [0.2, 0.25) is 0 Å². The Labute approximate surface area is 76.3 Å². The first-order valence-electron chi connectivity index (χ1n) is 4.17. The first kappa shape index (κ1) is 11.9. The zero-order chi connectivity index (χ0) is 10.4.